The predicted octanol–water partition coefficient (Wildman–Crippen LogP) is 1.87. The van der Waals surface area contributed by atoms with E-state index in [1.807, 2.05) is 0 Å². The van der Waals surface area contributed by atoms with Crippen LogP contribution in [0.25, 0.3) is 0 Å². The van der Waals surface area contributed by atoms with Crippen LogP contribution in [0.3, 0.4) is 0 Å². The first-order valence-corrected chi connectivity index (χ1v) is 6.40. The summed E-state index contributed by atoms with van der Waals surface area (Å²) < 4.78 is 0. The molecular formula is C13H20N2O2. The molecule has 0 bridgehead atoms. The fourth-order valence-corrected chi connectivity index (χ4v) is 2.80. The van der Waals surface area contributed by atoms with Crippen LogP contribution < -0.4 is 0 Å². The van der Waals surface area contributed by atoms with Crippen LogP contribution >= 0.6 is 0 Å². The Morgan fingerprint density at radius 1 is 1.59 bits per heavy atom. The number of piperidine rings is 1. The van der Waals surface area contributed by atoms with Gasteiger partial charge in [-0.25, -0.2) is 0 Å². The Balaban J connectivity index is 1.99. The molecule has 1 heterocycles. The molecule has 1 saturated heterocycles. The van der Waals surface area contributed by atoms with Crippen molar-refractivity contribution >= 4 is 5.97 Å². The summed E-state index contributed by atoms with van der Waals surface area (Å²) in [7, 11) is 0. The van der Waals surface area contributed by atoms with Gasteiger partial charge in [0.2, 0.25) is 0 Å². The Hall–Kier alpha value is -1.08. The van der Waals surface area contributed by atoms with Gasteiger partial charge in [-0.15, -0.1) is 0 Å². The van der Waals surface area contributed by atoms with Crippen molar-refractivity contribution in [2.24, 2.45) is 11.3 Å². The third-order valence-corrected chi connectivity index (χ3v) is 4.21. The molecule has 2 atom stereocenters. The second-order valence-corrected chi connectivity index (χ2v) is 5.79. The zero-order valence-electron chi connectivity index (χ0n) is 10.4. The van der Waals surface area contributed by atoms with Crippen LogP contribution in [0.15, 0.2) is 0 Å². The first-order chi connectivity index (χ1) is 8.06. The summed E-state index contributed by atoms with van der Waals surface area (Å²) in [4.78, 5) is 13.4. The number of carbonyl (C=O) groups is 1. The SMILES string of the molecule is CC1CCN(CC2(CC#N)CC2)C(C(=O)O)C1. The Bertz CT molecular complexity index is 344. The van der Waals surface area contributed by atoms with Gasteiger partial charge in [-0.05, 0) is 43.6 Å². The van der Waals surface area contributed by atoms with Crippen LogP contribution in [0, 0.1) is 22.7 Å². The summed E-state index contributed by atoms with van der Waals surface area (Å²) in [5, 5.41) is 18.1. The Morgan fingerprint density at radius 3 is 2.82 bits per heavy atom. The monoisotopic (exact) mass is 236 g/mol. The number of aliphatic carboxylic acids is 1. The van der Waals surface area contributed by atoms with E-state index in [0.717, 1.165) is 38.8 Å². The van der Waals surface area contributed by atoms with Crippen molar-refractivity contribution in [2.75, 3.05) is 13.1 Å². The fourth-order valence-electron chi connectivity index (χ4n) is 2.80. The van der Waals surface area contributed by atoms with Crippen molar-refractivity contribution in [3.8, 4) is 6.07 Å². The standard InChI is InChI=1S/C13H20N2O2/c1-10-2-7-15(11(8-10)12(16)17)9-13(3-4-13)5-6-14/h10-11H,2-5,7-9H2,1H3,(H,16,17). The zero-order valence-corrected chi connectivity index (χ0v) is 10.4. The average Bonchev–Trinajstić information content (AvgIpc) is 3.01. The van der Waals surface area contributed by atoms with E-state index in [2.05, 4.69) is 17.9 Å². The van der Waals surface area contributed by atoms with Crippen LogP contribution in [-0.2, 0) is 4.79 Å². The van der Waals surface area contributed by atoms with E-state index in [1.54, 1.807) is 0 Å². The quantitative estimate of drug-likeness (QED) is 0.809. The van der Waals surface area contributed by atoms with Crippen LogP contribution in [-0.4, -0.2) is 35.1 Å². The maximum atomic E-state index is 11.3. The highest BCUT2D eigenvalue weighted by atomic mass is 16.4. The van der Waals surface area contributed by atoms with Gasteiger partial charge >= 0.3 is 5.97 Å². The Morgan fingerprint density at radius 2 is 2.29 bits per heavy atom. The molecule has 1 aliphatic heterocycles. The van der Waals surface area contributed by atoms with Crippen molar-refractivity contribution in [3.63, 3.8) is 0 Å². The molecule has 0 aromatic heterocycles. The van der Waals surface area contributed by atoms with Crippen LogP contribution in [0.4, 0.5) is 0 Å². The Kier molecular flexibility index (Phi) is 3.39. The van der Waals surface area contributed by atoms with E-state index in [0.29, 0.717) is 12.3 Å². The van der Waals surface area contributed by atoms with Crippen molar-refractivity contribution in [1.29, 1.82) is 5.26 Å². The summed E-state index contributed by atoms with van der Waals surface area (Å²) in [5.74, 6) is -0.206. The number of hydrogen-bond acceptors (Lipinski definition) is 3. The van der Waals surface area contributed by atoms with Crippen molar-refractivity contribution in [1.82, 2.24) is 4.90 Å². The van der Waals surface area contributed by atoms with Gasteiger partial charge in [0.25, 0.3) is 0 Å². The second-order valence-electron chi connectivity index (χ2n) is 5.79. The number of nitriles is 1. The van der Waals surface area contributed by atoms with Crippen LogP contribution in [0.2, 0.25) is 0 Å². The molecule has 2 unspecified atom stereocenters. The molecule has 1 aliphatic carbocycles. The first kappa shape index (κ1) is 12.4. The maximum Gasteiger partial charge on any atom is 0.320 e. The lowest BCUT2D eigenvalue weighted by atomic mass is 9.90. The van der Waals surface area contributed by atoms with E-state index in [9.17, 15) is 9.90 Å². The highest BCUT2D eigenvalue weighted by molar-refractivity contribution is 5.73. The highest BCUT2D eigenvalue weighted by Crippen LogP contribution is 2.49. The topological polar surface area (TPSA) is 64.3 Å². The molecule has 2 aliphatic rings. The average molecular weight is 236 g/mol. The minimum Gasteiger partial charge on any atom is -0.480 e. The lowest BCUT2D eigenvalue weighted by Crippen LogP contribution is -2.48. The summed E-state index contributed by atoms with van der Waals surface area (Å²) >= 11 is 0. The van der Waals surface area contributed by atoms with Gasteiger partial charge in [0.15, 0.2) is 0 Å². The van der Waals surface area contributed by atoms with E-state index in [4.69, 9.17) is 5.26 Å². The molecule has 4 nitrogen and oxygen atoms in total. The third-order valence-electron chi connectivity index (χ3n) is 4.21. The number of carboxylic acid groups (broad SMARTS) is 1. The zero-order chi connectivity index (χ0) is 12.5. The Labute approximate surface area is 102 Å². The number of nitrogens with zero attached hydrogens (tertiary/aromatic N) is 2. The number of hydrogen-bond donors (Lipinski definition) is 1. The molecule has 17 heavy (non-hydrogen) atoms. The molecule has 94 valence electrons. The van der Waals surface area contributed by atoms with Gasteiger partial charge in [-0.2, -0.15) is 5.26 Å². The van der Waals surface area contributed by atoms with Gasteiger partial charge in [0.05, 0.1) is 6.07 Å². The van der Waals surface area contributed by atoms with Gasteiger partial charge in [-0.1, -0.05) is 6.92 Å². The van der Waals surface area contributed by atoms with E-state index < -0.39 is 5.97 Å². The minimum absolute atomic E-state index is 0.114. The number of carboxylic acids is 1. The molecule has 0 amide bonds. The summed E-state index contributed by atoms with van der Waals surface area (Å²) in [6.07, 6.45) is 4.56. The summed E-state index contributed by atoms with van der Waals surface area (Å²) in [5.41, 5.74) is 0.114. The predicted molar refractivity (Wildman–Crippen MR) is 63.3 cm³/mol. The van der Waals surface area contributed by atoms with Gasteiger partial charge in [-0.3, -0.25) is 9.69 Å². The van der Waals surface area contributed by atoms with E-state index in [-0.39, 0.29) is 11.5 Å². The van der Waals surface area contributed by atoms with Crippen LogP contribution in [0.5, 0.6) is 0 Å². The number of rotatable bonds is 4. The molecule has 1 saturated carbocycles. The molecular weight excluding hydrogens is 216 g/mol. The fraction of sp³-hybridized carbons (Fsp3) is 0.846. The number of likely N-dealkylation sites (tertiary alicyclic amines) is 1. The third kappa shape index (κ3) is 2.78. The molecule has 0 spiro atoms. The molecule has 0 radical (unpaired) electrons. The smallest absolute Gasteiger partial charge is 0.320 e. The van der Waals surface area contributed by atoms with Crippen molar-refractivity contribution in [3.05, 3.63) is 0 Å². The minimum atomic E-state index is -0.704. The van der Waals surface area contributed by atoms with Crippen molar-refractivity contribution < 1.29 is 9.90 Å². The molecule has 0 aromatic rings. The van der Waals surface area contributed by atoms with Gasteiger partial charge in [0, 0.05) is 13.0 Å². The molecule has 1 N–H and O–H groups in total. The second kappa shape index (κ2) is 4.66. The van der Waals surface area contributed by atoms with E-state index >= 15 is 0 Å². The first-order valence-electron chi connectivity index (χ1n) is 6.40. The van der Waals surface area contributed by atoms with Gasteiger partial charge in [0.1, 0.15) is 6.04 Å². The summed E-state index contributed by atoms with van der Waals surface area (Å²) in [6.45, 7) is 3.78. The normalized spacial score (nSPS) is 31.8. The lowest BCUT2D eigenvalue weighted by Gasteiger charge is -2.37. The van der Waals surface area contributed by atoms with Crippen molar-refractivity contribution in [2.45, 2.75) is 45.1 Å². The summed E-state index contributed by atoms with van der Waals surface area (Å²) in [6, 6.07) is 1.90. The largest absolute Gasteiger partial charge is 0.480 e. The lowest BCUT2D eigenvalue weighted by molar-refractivity contribution is -0.145. The van der Waals surface area contributed by atoms with Crippen LogP contribution in [0.1, 0.15) is 39.0 Å². The van der Waals surface area contributed by atoms with Gasteiger partial charge < -0.3 is 5.11 Å². The molecule has 4 heteroatoms. The molecule has 0 aromatic carbocycles. The van der Waals surface area contributed by atoms with E-state index in [1.165, 1.54) is 0 Å². The maximum absolute atomic E-state index is 11.3. The highest BCUT2D eigenvalue weighted by Gasteiger charge is 2.46. The molecule has 2 fully saturated rings. The molecule has 2 rings (SSSR count).